The molecule has 2 N–H and O–H groups in total. The third kappa shape index (κ3) is 6.88. The molecule has 2 aromatic carbocycles. The highest BCUT2D eigenvalue weighted by Gasteiger charge is 2.27. The third-order valence-electron chi connectivity index (χ3n) is 6.45. The van der Waals surface area contributed by atoms with Crippen LogP contribution in [0.15, 0.2) is 79.1 Å². The van der Waals surface area contributed by atoms with Gasteiger partial charge in [0.1, 0.15) is 5.82 Å². The second kappa shape index (κ2) is 12.8. The van der Waals surface area contributed by atoms with Crippen LogP contribution in [0.25, 0.3) is 0 Å². The summed E-state index contributed by atoms with van der Waals surface area (Å²) in [4.78, 5) is 33.3. The van der Waals surface area contributed by atoms with Crippen molar-refractivity contribution in [2.75, 3.05) is 44.2 Å². The first-order valence-electron chi connectivity index (χ1n) is 12.3. The summed E-state index contributed by atoms with van der Waals surface area (Å²) in [6.07, 6.45) is 5.08. The quantitative estimate of drug-likeness (QED) is 0.357. The number of hydrogen-bond acceptors (Lipinski definition) is 5. The number of nitrogens with zero attached hydrogens (tertiary/aromatic N) is 3. The fraction of sp³-hybridized carbons (Fsp3) is 0.321. The van der Waals surface area contributed by atoms with Gasteiger partial charge in [0.15, 0.2) is 0 Å². The molecule has 8 heteroatoms. The molecule has 0 saturated carbocycles. The summed E-state index contributed by atoms with van der Waals surface area (Å²) in [6.45, 7) is 3.42. The number of aryl methyl sites for hydroxylation is 1. The standard InChI is InChI=1S/C28H32FN5O2/c29-24-12-4-5-13-25(24)33-16-18-34(19-17-33)26(23-11-7-14-30-20-23)21-32-28(36)27(35)31-15-6-10-22-8-2-1-3-9-22/h1-5,7-9,11-14,20,26H,6,10,15-19,21H2,(H,31,35)(H,32,36). The topological polar surface area (TPSA) is 77.6 Å². The molecule has 1 fully saturated rings. The van der Waals surface area contributed by atoms with Gasteiger partial charge in [-0.15, -0.1) is 0 Å². The molecular weight excluding hydrogens is 457 g/mol. The summed E-state index contributed by atoms with van der Waals surface area (Å²) in [6, 6.07) is 20.5. The number of hydrogen-bond donors (Lipinski definition) is 2. The molecule has 0 radical (unpaired) electrons. The first-order chi connectivity index (χ1) is 17.6. The number of nitrogens with one attached hydrogen (secondary N) is 2. The maximum Gasteiger partial charge on any atom is 0.309 e. The van der Waals surface area contributed by atoms with Gasteiger partial charge in [0.25, 0.3) is 0 Å². The molecule has 1 aliphatic heterocycles. The van der Waals surface area contributed by atoms with Crippen molar-refractivity contribution >= 4 is 17.5 Å². The van der Waals surface area contributed by atoms with E-state index in [2.05, 4.69) is 20.5 Å². The van der Waals surface area contributed by atoms with Gasteiger partial charge in [-0.2, -0.15) is 0 Å². The van der Waals surface area contributed by atoms with E-state index in [0.717, 1.165) is 18.4 Å². The molecular formula is C28H32FN5O2. The monoisotopic (exact) mass is 489 g/mol. The van der Waals surface area contributed by atoms with Crippen molar-refractivity contribution in [3.8, 4) is 0 Å². The van der Waals surface area contributed by atoms with E-state index in [9.17, 15) is 14.0 Å². The van der Waals surface area contributed by atoms with E-state index in [0.29, 0.717) is 38.4 Å². The van der Waals surface area contributed by atoms with Crippen LogP contribution in [0, 0.1) is 5.82 Å². The van der Waals surface area contributed by atoms with Gasteiger partial charge in [0, 0.05) is 51.7 Å². The first-order valence-corrected chi connectivity index (χ1v) is 12.3. The number of carbonyl (C=O) groups is 2. The zero-order valence-electron chi connectivity index (χ0n) is 20.3. The van der Waals surface area contributed by atoms with E-state index >= 15 is 0 Å². The van der Waals surface area contributed by atoms with E-state index in [1.165, 1.54) is 11.6 Å². The lowest BCUT2D eigenvalue weighted by Crippen LogP contribution is -2.51. The molecule has 1 saturated heterocycles. The average molecular weight is 490 g/mol. The fourth-order valence-corrected chi connectivity index (χ4v) is 4.50. The number of piperazine rings is 1. The highest BCUT2D eigenvalue weighted by Crippen LogP contribution is 2.25. The number of rotatable bonds is 9. The van der Waals surface area contributed by atoms with Gasteiger partial charge in [-0.25, -0.2) is 4.39 Å². The Kier molecular flexibility index (Phi) is 8.99. The number of para-hydroxylation sites is 1. The predicted molar refractivity (Wildman–Crippen MR) is 138 cm³/mol. The first kappa shape index (κ1) is 25.3. The Morgan fingerprint density at radius 1 is 0.889 bits per heavy atom. The van der Waals surface area contributed by atoms with Crippen LogP contribution in [0.5, 0.6) is 0 Å². The number of anilines is 1. The van der Waals surface area contributed by atoms with Gasteiger partial charge >= 0.3 is 11.8 Å². The predicted octanol–water partition coefficient (Wildman–Crippen LogP) is 2.95. The Labute approximate surface area is 211 Å². The van der Waals surface area contributed by atoms with Gasteiger partial charge in [0.05, 0.1) is 11.7 Å². The Hall–Kier alpha value is -3.78. The minimum absolute atomic E-state index is 0.142. The molecule has 4 rings (SSSR count). The minimum Gasteiger partial charge on any atom is -0.367 e. The maximum absolute atomic E-state index is 14.2. The van der Waals surface area contributed by atoms with Crippen LogP contribution in [-0.4, -0.2) is 61.0 Å². The largest absolute Gasteiger partial charge is 0.367 e. The average Bonchev–Trinajstić information content (AvgIpc) is 2.93. The Morgan fingerprint density at radius 2 is 1.61 bits per heavy atom. The van der Waals surface area contributed by atoms with Gasteiger partial charge in [-0.1, -0.05) is 48.5 Å². The summed E-state index contributed by atoms with van der Waals surface area (Å²) in [5.74, 6) is -1.50. The molecule has 0 aliphatic carbocycles. The molecule has 1 unspecified atom stereocenters. The summed E-state index contributed by atoms with van der Waals surface area (Å²) >= 11 is 0. The van der Waals surface area contributed by atoms with Crippen molar-refractivity contribution in [2.24, 2.45) is 0 Å². The van der Waals surface area contributed by atoms with Gasteiger partial charge in [-0.3, -0.25) is 19.5 Å². The number of pyridine rings is 1. The third-order valence-corrected chi connectivity index (χ3v) is 6.45. The number of halogens is 1. The van der Waals surface area contributed by atoms with Crippen LogP contribution in [0.3, 0.4) is 0 Å². The van der Waals surface area contributed by atoms with Crippen molar-refractivity contribution in [3.63, 3.8) is 0 Å². The van der Waals surface area contributed by atoms with Crippen LogP contribution in [0.1, 0.15) is 23.6 Å². The normalized spacial score (nSPS) is 14.8. The molecule has 3 aromatic rings. The lowest BCUT2D eigenvalue weighted by molar-refractivity contribution is -0.139. The lowest BCUT2D eigenvalue weighted by atomic mass is 10.1. The zero-order valence-corrected chi connectivity index (χ0v) is 20.3. The van der Waals surface area contributed by atoms with Crippen LogP contribution in [-0.2, 0) is 16.0 Å². The molecule has 1 aromatic heterocycles. The second-order valence-corrected chi connectivity index (χ2v) is 8.83. The molecule has 7 nitrogen and oxygen atoms in total. The molecule has 0 bridgehead atoms. The van der Waals surface area contributed by atoms with Crippen molar-refractivity contribution in [3.05, 3.63) is 96.1 Å². The van der Waals surface area contributed by atoms with Crippen LogP contribution in [0.2, 0.25) is 0 Å². The van der Waals surface area contributed by atoms with E-state index in [4.69, 9.17) is 0 Å². The SMILES string of the molecule is O=C(NCCCc1ccccc1)C(=O)NCC(c1cccnc1)N1CCN(c2ccccc2F)CC1. The Morgan fingerprint density at radius 3 is 2.33 bits per heavy atom. The fourth-order valence-electron chi connectivity index (χ4n) is 4.50. The van der Waals surface area contributed by atoms with Gasteiger partial charge in [0.2, 0.25) is 0 Å². The van der Waals surface area contributed by atoms with Crippen molar-refractivity contribution in [2.45, 2.75) is 18.9 Å². The van der Waals surface area contributed by atoms with Gasteiger partial charge < -0.3 is 15.5 Å². The molecule has 2 amide bonds. The Bertz CT molecular complexity index is 1120. The van der Waals surface area contributed by atoms with E-state index < -0.39 is 11.8 Å². The Balaban J connectivity index is 1.29. The zero-order chi connectivity index (χ0) is 25.2. The summed E-state index contributed by atoms with van der Waals surface area (Å²) in [7, 11) is 0. The van der Waals surface area contributed by atoms with E-state index in [-0.39, 0.29) is 18.4 Å². The number of aromatic nitrogens is 1. The van der Waals surface area contributed by atoms with Crippen LogP contribution in [0.4, 0.5) is 10.1 Å². The number of carbonyl (C=O) groups excluding carboxylic acids is 2. The van der Waals surface area contributed by atoms with Gasteiger partial charge in [-0.05, 0) is 42.2 Å². The van der Waals surface area contributed by atoms with Crippen LogP contribution >= 0.6 is 0 Å². The maximum atomic E-state index is 14.2. The summed E-state index contributed by atoms with van der Waals surface area (Å²) < 4.78 is 14.2. The minimum atomic E-state index is -0.645. The number of benzene rings is 2. The molecule has 0 spiro atoms. The number of amides is 2. The van der Waals surface area contributed by atoms with Crippen molar-refractivity contribution in [1.29, 1.82) is 0 Å². The second-order valence-electron chi connectivity index (χ2n) is 8.83. The van der Waals surface area contributed by atoms with Crippen LogP contribution < -0.4 is 15.5 Å². The molecule has 188 valence electrons. The molecule has 36 heavy (non-hydrogen) atoms. The molecule has 2 heterocycles. The summed E-state index contributed by atoms with van der Waals surface area (Å²) in [5, 5.41) is 5.50. The van der Waals surface area contributed by atoms with E-state index in [1.807, 2.05) is 53.4 Å². The molecule has 1 atom stereocenters. The van der Waals surface area contributed by atoms with Crippen molar-refractivity contribution in [1.82, 2.24) is 20.5 Å². The van der Waals surface area contributed by atoms with Crippen molar-refractivity contribution < 1.29 is 14.0 Å². The lowest BCUT2D eigenvalue weighted by Gasteiger charge is -2.40. The highest BCUT2D eigenvalue weighted by atomic mass is 19.1. The smallest absolute Gasteiger partial charge is 0.309 e. The highest BCUT2D eigenvalue weighted by molar-refractivity contribution is 6.35. The molecule has 1 aliphatic rings. The summed E-state index contributed by atoms with van der Waals surface area (Å²) in [5.41, 5.74) is 2.76. The van der Waals surface area contributed by atoms with E-state index in [1.54, 1.807) is 24.5 Å².